The fourth-order valence-corrected chi connectivity index (χ4v) is 2.69. The Balaban J connectivity index is 1.51. The Kier molecular flexibility index (Phi) is 5.25. The molecular formula is C18H18N4O2S. The average Bonchev–Trinajstić information content (AvgIpc) is 3.04. The highest BCUT2D eigenvalue weighted by molar-refractivity contribution is 7.15. The lowest BCUT2D eigenvalue weighted by Crippen LogP contribution is -2.19. The zero-order valence-corrected chi connectivity index (χ0v) is 14.8. The highest BCUT2D eigenvalue weighted by Gasteiger charge is 2.09. The molecule has 0 fully saturated rings. The number of amides is 2. The zero-order valence-electron chi connectivity index (χ0n) is 13.9. The summed E-state index contributed by atoms with van der Waals surface area (Å²) >= 11 is 1.28. The summed E-state index contributed by atoms with van der Waals surface area (Å²) in [6.07, 6.45) is 0. The first-order valence-corrected chi connectivity index (χ1v) is 8.57. The van der Waals surface area contributed by atoms with E-state index in [1.165, 1.54) is 16.9 Å². The molecule has 25 heavy (non-hydrogen) atoms. The summed E-state index contributed by atoms with van der Waals surface area (Å²) in [6, 6.07) is 15.0. The number of carbonyl (C=O) groups excluding carboxylic acids is 1. The van der Waals surface area contributed by atoms with Crippen LogP contribution in [0.15, 0.2) is 48.5 Å². The van der Waals surface area contributed by atoms with E-state index in [4.69, 9.17) is 4.74 Å². The molecule has 0 aliphatic heterocycles. The van der Waals surface area contributed by atoms with Gasteiger partial charge in [-0.15, -0.1) is 10.2 Å². The third-order valence-electron chi connectivity index (χ3n) is 3.38. The van der Waals surface area contributed by atoms with Gasteiger partial charge in [0.15, 0.2) is 5.01 Å². The van der Waals surface area contributed by atoms with Crippen molar-refractivity contribution < 1.29 is 9.53 Å². The van der Waals surface area contributed by atoms with Gasteiger partial charge in [-0.05, 0) is 38.1 Å². The van der Waals surface area contributed by atoms with Crippen LogP contribution in [0, 0.1) is 13.8 Å². The predicted molar refractivity (Wildman–Crippen MR) is 99.2 cm³/mol. The maximum Gasteiger partial charge on any atom is 0.325 e. The van der Waals surface area contributed by atoms with E-state index in [0.29, 0.717) is 16.7 Å². The van der Waals surface area contributed by atoms with Crippen LogP contribution in [0.2, 0.25) is 0 Å². The van der Waals surface area contributed by atoms with Crippen molar-refractivity contribution in [1.82, 2.24) is 10.2 Å². The molecule has 3 aromatic rings. The van der Waals surface area contributed by atoms with Crippen LogP contribution in [0.25, 0.3) is 0 Å². The van der Waals surface area contributed by atoms with E-state index in [1.54, 1.807) is 0 Å². The Hall–Kier alpha value is -2.93. The number of rotatable bonds is 5. The normalized spacial score (nSPS) is 10.3. The number of aromatic nitrogens is 2. The number of carbonyl (C=O) groups is 1. The fraction of sp³-hybridized carbons (Fsp3) is 0.167. The van der Waals surface area contributed by atoms with Crippen LogP contribution in [-0.4, -0.2) is 16.2 Å². The molecular weight excluding hydrogens is 336 g/mol. The van der Waals surface area contributed by atoms with Gasteiger partial charge in [0.05, 0.1) is 0 Å². The molecule has 1 heterocycles. The topological polar surface area (TPSA) is 76.1 Å². The fourth-order valence-electron chi connectivity index (χ4n) is 2.04. The maximum atomic E-state index is 12.0. The van der Waals surface area contributed by atoms with Gasteiger partial charge < -0.3 is 10.1 Å². The smallest absolute Gasteiger partial charge is 0.325 e. The summed E-state index contributed by atoms with van der Waals surface area (Å²) < 4.78 is 5.65. The molecule has 0 saturated heterocycles. The van der Waals surface area contributed by atoms with Gasteiger partial charge in [0.25, 0.3) is 0 Å². The van der Waals surface area contributed by atoms with Crippen LogP contribution < -0.4 is 15.4 Å². The van der Waals surface area contributed by atoms with Crippen molar-refractivity contribution in [1.29, 1.82) is 0 Å². The Morgan fingerprint density at radius 3 is 2.28 bits per heavy atom. The van der Waals surface area contributed by atoms with Crippen molar-refractivity contribution >= 4 is 28.2 Å². The molecule has 0 bridgehead atoms. The number of aryl methyl sites for hydroxylation is 2. The molecule has 0 spiro atoms. The lowest BCUT2D eigenvalue weighted by Gasteiger charge is -2.05. The second-order valence-electron chi connectivity index (χ2n) is 5.55. The largest absolute Gasteiger partial charge is 0.486 e. The molecule has 2 aromatic carbocycles. The van der Waals surface area contributed by atoms with Crippen molar-refractivity contribution in [2.45, 2.75) is 20.5 Å². The van der Waals surface area contributed by atoms with Gasteiger partial charge in [0, 0.05) is 5.69 Å². The summed E-state index contributed by atoms with van der Waals surface area (Å²) in [4.78, 5) is 12.0. The van der Waals surface area contributed by atoms with E-state index in [1.807, 2.05) is 62.4 Å². The molecule has 0 aliphatic carbocycles. The van der Waals surface area contributed by atoms with Gasteiger partial charge >= 0.3 is 6.03 Å². The highest BCUT2D eigenvalue weighted by atomic mass is 32.1. The van der Waals surface area contributed by atoms with E-state index < -0.39 is 0 Å². The first-order valence-electron chi connectivity index (χ1n) is 7.75. The van der Waals surface area contributed by atoms with Crippen LogP contribution in [0.3, 0.4) is 0 Å². The van der Waals surface area contributed by atoms with Crippen molar-refractivity contribution in [3.63, 3.8) is 0 Å². The number of ether oxygens (including phenoxy) is 1. The van der Waals surface area contributed by atoms with E-state index in [9.17, 15) is 4.79 Å². The summed E-state index contributed by atoms with van der Waals surface area (Å²) in [7, 11) is 0. The molecule has 0 radical (unpaired) electrons. The second kappa shape index (κ2) is 7.76. The van der Waals surface area contributed by atoms with Gasteiger partial charge in [-0.2, -0.15) is 0 Å². The van der Waals surface area contributed by atoms with E-state index in [2.05, 4.69) is 20.8 Å². The number of urea groups is 1. The van der Waals surface area contributed by atoms with Crippen LogP contribution in [0.4, 0.5) is 15.6 Å². The predicted octanol–water partition coefficient (Wildman–Crippen LogP) is 4.38. The van der Waals surface area contributed by atoms with E-state index in [-0.39, 0.29) is 6.03 Å². The minimum absolute atomic E-state index is 0.308. The van der Waals surface area contributed by atoms with E-state index in [0.717, 1.165) is 17.0 Å². The number of anilines is 2. The van der Waals surface area contributed by atoms with Crippen LogP contribution in [-0.2, 0) is 6.61 Å². The van der Waals surface area contributed by atoms with Crippen LogP contribution >= 0.6 is 11.3 Å². The van der Waals surface area contributed by atoms with Crippen molar-refractivity contribution in [2.75, 3.05) is 10.6 Å². The zero-order chi connectivity index (χ0) is 17.6. The monoisotopic (exact) mass is 354 g/mol. The van der Waals surface area contributed by atoms with Crippen molar-refractivity contribution in [3.8, 4) is 5.75 Å². The maximum absolute atomic E-state index is 12.0. The Morgan fingerprint density at radius 1 is 0.960 bits per heavy atom. The van der Waals surface area contributed by atoms with Gasteiger partial charge in [0.1, 0.15) is 12.4 Å². The Bertz CT molecular complexity index is 844. The number of benzene rings is 2. The molecule has 2 N–H and O–H groups in total. The number of nitrogens with one attached hydrogen (secondary N) is 2. The molecule has 0 aliphatic rings. The number of hydrogen-bond donors (Lipinski definition) is 2. The first kappa shape index (κ1) is 16.9. The third kappa shape index (κ3) is 5.02. The SMILES string of the molecule is Cc1ccc(NC(=O)Nc2nnc(COc3ccc(C)cc3)s2)cc1. The lowest BCUT2D eigenvalue weighted by molar-refractivity contribution is 0.262. The summed E-state index contributed by atoms with van der Waals surface area (Å²) in [5.74, 6) is 0.771. The van der Waals surface area contributed by atoms with Crippen LogP contribution in [0.1, 0.15) is 16.1 Å². The highest BCUT2D eigenvalue weighted by Crippen LogP contribution is 2.19. The Labute approximate surface area is 149 Å². The molecule has 7 heteroatoms. The standard InChI is InChI=1S/C18H18N4O2S/c1-12-3-7-14(8-4-12)19-17(23)20-18-22-21-16(25-18)11-24-15-9-5-13(2)6-10-15/h3-10H,11H2,1-2H3,(H2,19,20,22,23). The lowest BCUT2D eigenvalue weighted by atomic mass is 10.2. The van der Waals surface area contributed by atoms with Gasteiger partial charge in [0.2, 0.25) is 5.13 Å². The summed E-state index contributed by atoms with van der Waals surface area (Å²) in [5.41, 5.74) is 3.03. The molecule has 3 rings (SSSR count). The van der Waals surface area contributed by atoms with E-state index >= 15 is 0 Å². The van der Waals surface area contributed by atoms with Gasteiger partial charge in [-0.3, -0.25) is 5.32 Å². The summed E-state index contributed by atoms with van der Waals surface area (Å²) in [5, 5.41) is 14.5. The quantitative estimate of drug-likeness (QED) is 0.713. The molecule has 2 amide bonds. The molecule has 0 atom stereocenters. The van der Waals surface area contributed by atoms with Crippen molar-refractivity contribution in [3.05, 3.63) is 64.7 Å². The average molecular weight is 354 g/mol. The van der Waals surface area contributed by atoms with Crippen molar-refractivity contribution in [2.24, 2.45) is 0 Å². The Morgan fingerprint density at radius 2 is 1.60 bits per heavy atom. The number of nitrogens with zero attached hydrogens (tertiary/aromatic N) is 2. The first-order chi connectivity index (χ1) is 12.1. The van der Waals surface area contributed by atoms with Crippen LogP contribution in [0.5, 0.6) is 5.75 Å². The molecule has 0 saturated carbocycles. The summed E-state index contributed by atoms with van der Waals surface area (Å²) in [6.45, 7) is 4.32. The molecule has 128 valence electrons. The minimum atomic E-state index is -0.356. The molecule has 0 unspecified atom stereocenters. The minimum Gasteiger partial charge on any atom is -0.486 e. The molecule has 1 aromatic heterocycles. The third-order valence-corrected chi connectivity index (χ3v) is 4.19. The number of hydrogen-bond acceptors (Lipinski definition) is 5. The second-order valence-corrected chi connectivity index (χ2v) is 6.61. The van der Waals surface area contributed by atoms with Gasteiger partial charge in [-0.1, -0.05) is 46.7 Å². The molecule has 6 nitrogen and oxygen atoms in total. The van der Waals surface area contributed by atoms with Gasteiger partial charge in [-0.25, -0.2) is 4.79 Å².